The van der Waals surface area contributed by atoms with E-state index in [9.17, 15) is 22.4 Å². The monoisotopic (exact) mass is 390 g/mol. The van der Waals surface area contributed by atoms with Crippen molar-refractivity contribution < 1.29 is 22.4 Å². The van der Waals surface area contributed by atoms with Crippen molar-refractivity contribution in [3.05, 3.63) is 71.3 Å². The molecule has 0 aliphatic heterocycles. The van der Waals surface area contributed by atoms with E-state index in [0.717, 1.165) is 12.8 Å². The fourth-order valence-corrected chi connectivity index (χ4v) is 2.91. The number of halogens is 4. The smallest absolute Gasteiger partial charge is 0.318 e. The molecule has 1 aliphatic carbocycles. The molecule has 0 bridgehead atoms. The van der Waals surface area contributed by atoms with E-state index in [0.29, 0.717) is 29.6 Å². The molecule has 1 heterocycles. The number of nitrogens with one attached hydrogen (secondary N) is 1. The van der Waals surface area contributed by atoms with Gasteiger partial charge < -0.3 is 5.32 Å². The minimum Gasteiger partial charge on any atom is -0.318 e. The van der Waals surface area contributed by atoms with Crippen molar-refractivity contribution >= 4 is 11.6 Å². The van der Waals surface area contributed by atoms with E-state index in [4.69, 9.17) is 0 Å². The van der Waals surface area contributed by atoms with Gasteiger partial charge in [0.15, 0.2) is 5.69 Å². The fraction of sp³-hybridized carbons (Fsp3) is 0.211. The molecule has 28 heavy (non-hydrogen) atoms. The Morgan fingerprint density at radius 3 is 2.46 bits per heavy atom. The SMILES string of the molecule is O=C(Nc1cc(C(F)(F)F)ccc1F)c1nnn(-c2ccccc2)c1C1CC1. The van der Waals surface area contributed by atoms with E-state index >= 15 is 0 Å². The van der Waals surface area contributed by atoms with Crippen LogP contribution in [0, 0.1) is 5.82 Å². The van der Waals surface area contributed by atoms with E-state index < -0.39 is 29.2 Å². The number of carbonyl (C=O) groups is 1. The highest BCUT2D eigenvalue weighted by Gasteiger charge is 2.35. The van der Waals surface area contributed by atoms with Crippen LogP contribution in [-0.4, -0.2) is 20.9 Å². The lowest BCUT2D eigenvalue weighted by atomic mass is 10.1. The lowest BCUT2D eigenvalue weighted by Gasteiger charge is -2.11. The Morgan fingerprint density at radius 2 is 1.82 bits per heavy atom. The zero-order chi connectivity index (χ0) is 19.9. The van der Waals surface area contributed by atoms with Crippen LogP contribution in [0.15, 0.2) is 48.5 Å². The van der Waals surface area contributed by atoms with Crippen LogP contribution in [0.3, 0.4) is 0 Å². The molecule has 4 rings (SSSR count). The van der Waals surface area contributed by atoms with Crippen molar-refractivity contribution in [1.29, 1.82) is 0 Å². The average Bonchev–Trinajstić information content (AvgIpc) is 3.41. The first-order chi connectivity index (χ1) is 13.3. The third-order valence-electron chi connectivity index (χ3n) is 4.43. The molecular formula is C19H14F4N4O. The number of nitrogens with zero attached hydrogens (tertiary/aromatic N) is 3. The molecule has 1 aromatic heterocycles. The van der Waals surface area contributed by atoms with Crippen LogP contribution in [-0.2, 0) is 6.18 Å². The maximum Gasteiger partial charge on any atom is 0.416 e. The molecule has 0 spiro atoms. The van der Waals surface area contributed by atoms with Crippen LogP contribution >= 0.6 is 0 Å². The molecular weight excluding hydrogens is 376 g/mol. The van der Waals surface area contributed by atoms with Gasteiger partial charge in [0.25, 0.3) is 5.91 Å². The molecule has 9 heteroatoms. The Kier molecular flexibility index (Phi) is 4.37. The molecule has 1 N–H and O–H groups in total. The Hall–Kier alpha value is -3.23. The highest BCUT2D eigenvalue weighted by atomic mass is 19.4. The molecule has 2 aromatic carbocycles. The highest BCUT2D eigenvalue weighted by molar-refractivity contribution is 6.04. The van der Waals surface area contributed by atoms with Gasteiger partial charge in [-0.3, -0.25) is 4.79 Å². The molecule has 144 valence electrons. The largest absolute Gasteiger partial charge is 0.416 e. The molecule has 0 unspecified atom stereocenters. The number of amides is 1. The van der Waals surface area contributed by atoms with Crippen LogP contribution in [0.25, 0.3) is 5.69 Å². The molecule has 1 amide bonds. The van der Waals surface area contributed by atoms with Crippen molar-refractivity contribution in [3.63, 3.8) is 0 Å². The van der Waals surface area contributed by atoms with E-state index in [-0.39, 0.29) is 11.6 Å². The summed E-state index contributed by atoms with van der Waals surface area (Å²) in [6, 6.07) is 10.9. The summed E-state index contributed by atoms with van der Waals surface area (Å²) in [5.41, 5.74) is -0.365. The summed E-state index contributed by atoms with van der Waals surface area (Å²) in [6.45, 7) is 0. The maximum absolute atomic E-state index is 14.0. The first-order valence-electron chi connectivity index (χ1n) is 8.53. The molecule has 1 fully saturated rings. The molecule has 1 aliphatic rings. The standard InChI is InChI=1S/C19H14F4N4O/c20-14-9-8-12(19(21,22)23)10-15(14)24-18(28)16-17(11-6-7-11)27(26-25-16)13-4-2-1-3-5-13/h1-5,8-11H,6-7H2,(H,24,28). The summed E-state index contributed by atoms with van der Waals surface area (Å²) < 4.78 is 54.1. The van der Waals surface area contributed by atoms with Crippen LogP contribution in [0.5, 0.6) is 0 Å². The van der Waals surface area contributed by atoms with E-state index in [2.05, 4.69) is 15.6 Å². The Balaban J connectivity index is 1.68. The van der Waals surface area contributed by atoms with Gasteiger partial charge >= 0.3 is 6.18 Å². The van der Waals surface area contributed by atoms with E-state index in [1.807, 2.05) is 18.2 Å². The molecule has 3 aromatic rings. The van der Waals surface area contributed by atoms with E-state index in [1.165, 1.54) is 4.68 Å². The zero-order valence-electron chi connectivity index (χ0n) is 14.4. The molecule has 0 radical (unpaired) electrons. The first-order valence-corrected chi connectivity index (χ1v) is 8.53. The Labute approximate surface area is 157 Å². The summed E-state index contributed by atoms with van der Waals surface area (Å²) in [4.78, 5) is 12.7. The number of hydrogen-bond donors (Lipinski definition) is 1. The number of anilines is 1. The van der Waals surface area contributed by atoms with Gasteiger partial charge in [0.1, 0.15) is 5.82 Å². The average molecular weight is 390 g/mol. The fourth-order valence-electron chi connectivity index (χ4n) is 2.91. The second-order valence-electron chi connectivity index (χ2n) is 6.49. The predicted molar refractivity (Wildman–Crippen MR) is 92.7 cm³/mol. The summed E-state index contributed by atoms with van der Waals surface area (Å²) >= 11 is 0. The topological polar surface area (TPSA) is 59.8 Å². The van der Waals surface area contributed by atoms with Crippen LogP contribution < -0.4 is 5.32 Å². The van der Waals surface area contributed by atoms with Gasteiger partial charge in [-0.15, -0.1) is 5.10 Å². The number of carbonyl (C=O) groups excluding carboxylic acids is 1. The van der Waals surface area contributed by atoms with Crippen molar-refractivity contribution in [1.82, 2.24) is 15.0 Å². The minimum absolute atomic E-state index is 0.0248. The van der Waals surface area contributed by atoms with Crippen molar-refractivity contribution in [2.75, 3.05) is 5.32 Å². The number of aromatic nitrogens is 3. The van der Waals surface area contributed by atoms with Crippen molar-refractivity contribution in [2.24, 2.45) is 0 Å². The van der Waals surface area contributed by atoms with Gasteiger partial charge in [-0.05, 0) is 43.2 Å². The summed E-state index contributed by atoms with van der Waals surface area (Å²) in [5.74, 6) is -1.70. The zero-order valence-corrected chi connectivity index (χ0v) is 14.4. The second-order valence-corrected chi connectivity index (χ2v) is 6.49. The van der Waals surface area contributed by atoms with Gasteiger partial charge in [-0.1, -0.05) is 23.4 Å². The third kappa shape index (κ3) is 3.47. The maximum atomic E-state index is 14.0. The number of para-hydroxylation sites is 1. The summed E-state index contributed by atoms with van der Waals surface area (Å²) in [6.07, 6.45) is -2.96. The van der Waals surface area contributed by atoms with Crippen LogP contribution in [0.1, 0.15) is 40.5 Å². The van der Waals surface area contributed by atoms with Gasteiger partial charge in [-0.25, -0.2) is 9.07 Å². The number of rotatable bonds is 4. The highest BCUT2D eigenvalue weighted by Crippen LogP contribution is 2.42. The number of hydrogen-bond acceptors (Lipinski definition) is 3. The second kappa shape index (κ2) is 6.74. The van der Waals surface area contributed by atoms with Crippen molar-refractivity contribution in [2.45, 2.75) is 24.9 Å². The first kappa shape index (κ1) is 18.1. The quantitative estimate of drug-likeness (QED) is 0.665. The third-order valence-corrected chi connectivity index (χ3v) is 4.43. The van der Waals surface area contributed by atoms with E-state index in [1.54, 1.807) is 12.1 Å². The lowest BCUT2D eigenvalue weighted by molar-refractivity contribution is -0.137. The van der Waals surface area contributed by atoms with Gasteiger partial charge in [0.2, 0.25) is 0 Å². The van der Waals surface area contributed by atoms with Gasteiger partial charge in [0, 0.05) is 5.92 Å². The molecule has 5 nitrogen and oxygen atoms in total. The normalized spacial score (nSPS) is 14.1. The molecule has 0 saturated heterocycles. The molecule has 0 atom stereocenters. The van der Waals surface area contributed by atoms with Crippen molar-refractivity contribution in [3.8, 4) is 5.69 Å². The number of alkyl halides is 3. The summed E-state index contributed by atoms with van der Waals surface area (Å²) in [7, 11) is 0. The Morgan fingerprint density at radius 1 is 1.11 bits per heavy atom. The Bertz CT molecular complexity index is 1030. The predicted octanol–water partition coefficient (Wildman–Crippen LogP) is 4.55. The van der Waals surface area contributed by atoms with Gasteiger partial charge in [0.05, 0.1) is 22.6 Å². The lowest BCUT2D eigenvalue weighted by Crippen LogP contribution is -2.17. The van der Waals surface area contributed by atoms with Crippen LogP contribution in [0.2, 0.25) is 0 Å². The minimum atomic E-state index is -4.65. The van der Waals surface area contributed by atoms with Gasteiger partial charge in [-0.2, -0.15) is 13.2 Å². The summed E-state index contributed by atoms with van der Waals surface area (Å²) in [5, 5.41) is 10.1. The molecule has 1 saturated carbocycles. The number of benzene rings is 2. The van der Waals surface area contributed by atoms with Crippen LogP contribution in [0.4, 0.5) is 23.2 Å².